The Bertz CT molecular complexity index is 376. The van der Waals surface area contributed by atoms with Crippen molar-refractivity contribution in [3.8, 4) is 5.75 Å². The highest BCUT2D eigenvalue weighted by Crippen LogP contribution is 2.23. The van der Waals surface area contributed by atoms with Crippen LogP contribution in [0.4, 0.5) is 0 Å². The summed E-state index contributed by atoms with van der Waals surface area (Å²) in [6.07, 6.45) is 0.784. The van der Waals surface area contributed by atoms with Crippen LogP contribution in [-0.4, -0.2) is 24.0 Å². The second kappa shape index (κ2) is 4.16. The first-order chi connectivity index (χ1) is 6.77. The summed E-state index contributed by atoms with van der Waals surface area (Å²) in [6, 6.07) is 5.58. The van der Waals surface area contributed by atoms with Crippen LogP contribution in [0.15, 0.2) is 23.2 Å². The quantitative estimate of drug-likeness (QED) is 0.814. The highest BCUT2D eigenvalue weighted by Gasteiger charge is 2.09. The van der Waals surface area contributed by atoms with E-state index in [9.17, 15) is 5.11 Å². The van der Waals surface area contributed by atoms with Gasteiger partial charge in [-0.1, -0.05) is 12.1 Å². The average molecular weight is 302 g/mol. The minimum atomic E-state index is 0.349. The molecule has 74 valence electrons. The predicted octanol–water partition coefficient (Wildman–Crippen LogP) is 1.54. The van der Waals surface area contributed by atoms with Crippen molar-refractivity contribution in [3.05, 3.63) is 27.3 Å². The van der Waals surface area contributed by atoms with Crippen LogP contribution in [0.2, 0.25) is 0 Å². The minimum absolute atomic E-state index is 0.349. The van der Waals surface area contributed by atoms with Gasteiger partial charge in [-0.05, 0) is 34.2 Å². The number of rotatable bonds is 2. The SMILES string of the molecule is Oc1cccc(CC2=NCCN2)c1I. The molecule has 0 spiro atoms. The Labute approximate surface area is 96.4 Å². The molecule has 0 aromatic heterocycles. The van der Waals surface area contributed by atoms with Crippen molar-refractivity contribution < 1.29 is 5.11 Å². The lowest BCUT2D eigenvalue weighted by Gasteiger charge is -2.06. The number of nitrogens with one attached hydrogen (secondary N) is 1. The van der Waals surface area contributed by atoms with E-state index in [0.717, 1.165) is 34.5 Å². The van der Waals surface area contributed by atoms with Gasteiger partial charge in [-0.3, -0.25) is 4.99 Å². The van der Waals surface area contributed by atoms with Gasteiger partial charge >= 0.3 is 0 Å². The minimum Gasteiger partial charge on any atom is -0.507 e. The maximum atomic E-state index is 9.51. The van der Waals surface area contributed by atoms with Crippen molar-refractivity contribution in [1.82, 2.24) is 5.32 Å². The molecule has 0 bridgehead atoms. The van der Waals surface area contributed by atoms with Gasteiger partial charge in [0.2, 0.25) is 0 Å². The third-order valence-corrected chi connectivity index (χ3v) is 3.41. The zero-order valence-corrected chi connectivity index (χ0v) is 9.78. The van der Waals surface area contributed by atoms with Gasteiger partial charge in [0.05, 0.1) is 10.1 Å². The number of halogens is 1. The van der Waals surface area contributed by atoms with E-state index in [4.69, 9.17) is 0 Å². The molecule has 3 nitrogen and oxygen atoms in total. The van der Waals surface area contributed by atoms with Crippen LogP contribution in [0.5, 0.6) is 5.75 Å². The predicted molar refractivity (Wildman–Crippen MR) is 64.8 cm³/mol. The molecule has 0 atom stereocenters. The molecule has 0 radical (unpaired) electrons. The van der Waals surface area contributed by atoms with Gasteiger partial charge in [0.25, 0.3) is 0 Å². The summed E-state index contributed by atoms with van der Waals surface area (Å²) in [4.78, 5) is 4.32. The van der Waals surface area contributed by atoms with Crippen LogP contribution >= 0.6 is 22.6 Å². The van der Waals surface area contributed by atoms with E-state index < -0.39 is 0 Å². The zero-order chi connectivity index (χ0) is 9.97. The number of phenols is 1. The first-order valence-electron chi connectivity index (χ1n) is 4.51. The highest BCUT2D eigenvalue weighted by atomic mass is 127. The smallest absolute Gasteiger partial charge is 0.129 e. The highest BCUT2D eigenvalue weighted by molar-refractivity contribution is 14.1. The molecular formula is C10H11IN2O. The van der Waals surface area contributed by atoms with Crippen LogP contribution in [0.3, 0.4) is 0 Å². The van der Waals surface area contributed by atoms with E-state index in [1.54, 1.807) is 6.07 Å². The van der Waals surface area contributed by atoms with Crippen LogP contribution < -0.4 is 5.32 Å². The Hall–Kier alpha value is -0.780. The van der Waals surface area contributed by atoms with Crippen LogP contribution in [0, 0.1) is 3.57 Å². The summed E-state index contributed by atoms with van der Waals surface area (Å²) in [7, 11) is 0. The molecule has 0 saturated heterocycles. The van der Waals surface area contributed by atoms with Gasteiger partial charge < -0.3 is 10.4 Å². The molecule has 0 amide bonds. The number of aromatic hydroxyl groups is 1. The number of hydrogen-bond acceptors (Lipinski definition) is 3. The molecule has 1 heterocycles. The molecule has 0 saturated carbocycles. The van der Waals surface area contributed by atoms with E-state index in [0.29, 0.717) is 5.75 Å². The standard InChI is InChI=1S/C10H11IN2O/c11-10-7(2-1-3-8(10)14)6-9-12-4-5-13-9/h1-3,14H,4-6H2,(H,12,13). The fourth-order valence-electron chi connectivity index (χ4n) is 1.45. The average Bonchev–Trinajstić information content (AvgIpc) is 2.66. The molecule has 0 fully saturated rings. The normalized spacial score (nSPS) is 15.1. The summed E-state index contributed by atoms with van der Waals surface area (Å²) in [6.45, 7) is 1.80. The van der Waals surface area contributed by atoms with Crippen molar-refractivity contribution in [2.24, 2.45) is 4.99 Å². The molecule has 4 heteroatoms. The van der Waals surface area contributed by atoms with Gasteiger partial charge in [-0.15, -0.1) is 0 Å². The van der Waals surface area contributed by atoms with Gasteiger partial charge in [0, 0.05) is 13.0 Å². The van der Waals surface area contributed by atoms with Crippen LogP contribution in [-0.2, 0) is 6.42 Å². The van der Waals surface area contributed by atoms with Crippen molar-refractivity contribution in [1.29, 1.82) is 0 Å². The lowest BCUT2D eigenvalue weighted by atomic mass is 10.1. The number of amidine groups is 1. The van der Waals surface area contributed by atoms with E-state index in [1.165, 1.54) is 0 Å². The molecular weight excluding hydrogens is 291 g/mol. The Morgan fingerprint density at radius 1 is 1.50 bits per heavy atom. The first-order valence-corrected chi connectivity index (χ1v) is 5.59. The van der Waals surface area contributed by atoms with Gasteiger partial charge in [-0.2, -0.15) is 0 Å². The van der Waals surface area contributed by atoms with Crippen molar-refractivity contribution in [3.63, 3.8) is 0 Å². The molecule has 2 N–H and O–H groups in total. The first kappa shape index (κ1) is 9.76. The number of hydrogen-bond donors (Lipinski definition) is 2. The second-order valence-corrected chi connectivity index (χ2v) is 4.26. The van der Waals surface area contributed by atoms with E-state index in [-0.39, 0.29) is 0 Å². The van der Waals surface area contributed by atoms with Crippen molar-refractivity contribution in [2.45, 2.75) is 6.42 Å². The summed E-state index contributed by atoms with van der Waals surface area (Å²) >= 11 is 2.16. The summed E-state index contributed by atoms with van der Waals surface area (Å²) in [5.41, 5.74) is 1.12. The molecule has 0 aliphatic carbocycles. The maximum Gasteiger partial charge on any atom is 0.129 e. The molecule has 2 rings (SSSR count). The topological polar surface area (TPSA) is 44.6 Å². The summed E-state index contributed by atoms with van der Waals surface area (Å²) in [5.74, 6) is 1.37. The Morgan fingerprint density at radius 3 is 3.07 bits per heavy atom. The summed E-state index contributed by atoms with van der Waals surface area (Å²) in [5, 5.41) is 12.7. The van der Waals surface area contributed by atoms with E-state index in [2.05, 4.69) is 32.9 Å². The number of nitrogens with zero attached hydrogens (tertiary/aromatic N) is 1. The fourth-order valence-corrected chi connectivity index (χ4v) is 2.00. The fraction of sp³-hybridized carbons (Fsp3) is 0.300. The Morgan fingerprint density at radius 2 is 2.36 bits per heavy atom. The Kier molecular flexibility index (Phi) is 2.90. The number of aliphatic imine (C=N–C) groups is 1. The second-order valence-electron chi connectivity index (χ2n) is 3.18. The Balaban J connectivity index is 2.20. The molecule has 1 aliphatic rings. The van der Waals surface area contributed by atoms with Crippen LogP contribution in [0.25, 0.3) is 0 Å². The third-order valence-electron chi connectivity index (χ3n) is 2.16. The number of benzene rings is 1. The maximum absolute atomic E-state index is 9.51. The molecule has 0 unspecified atom stereocenters. The van der Waals surface area contributed by atoms with E-state index >= 15 is 0 Å². The monoisotopic (exact) mass is 302 g/mol. The van der Waals surface area contributed by atoms with Gasteiger partial charge in [0.15, 0.2) is 0 Å². The van der Waals surface area contributed by atoms with Crippen molar-refractivity contribution >= 4 is 28.4 Å². The van der Waals surface area contributed by atoms with Gasteiger partial charge in [-0.25, -0.2) is 0 Å². The third kappa shape index (κ3) is 2.00. The molecule has 1 aromatic rings. The lowest BCUT2D eigenvalue weighted by Crippen LogP contribution is -2.20. The molecule has 14 heavy (non-hydrogen) atoms. The molecule has 1 aromatic carbocycles. The number of phenolic OH excluding ortho intramolecular Hbond substituents is 1. The van der Waals surface area contributed by atoms with Crippen LogP contribution in [0.1, 0.15) is 5.56 Å². The largest absolute Gasteiger partial charge is 0.507 e. The van der Waals surface area contributed by atoms with Gasteiger partial charge in [0.1, 0.15) is 11.6 Å². The van der Waals surface area contributed by atoms with Crippen molar-refractivity contribution in [2.75, 3.05) is 13.1 Å². The van der Waals surface area contributed by atoms with E-state index in [1.807, 2.05) is 12.1 Å². The zero-order valence-electron chi connectivity index (χ0n) is 7.63. The summed E-state index contributed by atoms with van der Waals surface area (Å²) < 4.78 is 0.918. The lowest BCUT2D eigenvalue weighted by molar-refractivity contribution is 0.471. The molecule has 1 aliphatic heterocycles.